The number of hydrogen-bond donors (Lipinski definition) is 2. The lowest BCUT2D eigenvalue weighted by atomic mass is 10.1. The number of piperazine rings is 1. The second-order valence-electron chi connectivity index (χ2n) is 5.51. The Kier molecular flexibility index (Phi) is 4.10. The fourth-order valence-corrected chi connectivity index (χ4v) is 3.13. The summed E-state index contributed by atoms with van der Waals surface area (Å²) in [4.78, 5) is 4.80. The number of aliphatic hydroxyl groups excluding tert-OH is 1. The predicted molar refractivity (Wildman–Crippen MR) is 79.4 cm³/mol. The quantitative estimate of drug-likeness (QED) is 0.823. The Hall–Kier alpha value is -1.30. The Labute approximate surface area is 120 Å². The molecule has 2 aliphatic rings. The maximum Gasteiger partial charge on any atom is 0.119 e. The highest BCUT2D eigenvalue weighted by Gasteiger charge is 2.32. The third kappa shape index (κ3) is 2.75. The first-order valence-corrected chi connectivity index (χ1v) is 7.30. The van der Waals surface area contributed by atoms with Gasteiger partial charge in [-0.3, -0.25) is 4.90 Å². The minimum absolute atomic E-state index is 0.220. The van der Waals surface area contributed by atoms with Gasteiger partial charge in [0.1, 0.15) is 5.75 Å². The normalized spacial score (nSPS) is 27.8. The number of nitrogens with one attached hydrogen (secondary N) is 1. The van der Waals surface area contributed by atoms with E-state index in [4.69, 9.17) is 4.74 Å². The molecule has 20 heavy (non-hydrogen) atoms. The van der Waals surface area contributed by atoms with Crippen molar-refractivity contribution in [3.8, 4) is 5.75 Å². The van der Waals surface area contributed by atoms with Crippen LogP contribution in [0.1, 0.15) is 0 Å². The third-order valence-electron chi connectivity index (χ3n) is 4.37. The van der Waals surface area contributed by atoms with Gasteiger partial charge in [0, 0.05) is 51.0 Å². The highest BCUT2D eigenvalue weighted by Crippen LogP contribution is 2.21. The second kappa shape index (κ2) is 5.99. The van der Waals surface area contributed by atoms with Gasteiger partial charge in [-0.15, -0.1) is 0 Å². The average molecular weight is 277 g/mol. The van der Waals surface area contributed by atoms with Gasteiger partial charge in [-0.2, -0.15) is 0 Å². The van der Waals surface area contributed by atoms with E-state index in [9.17, 15) is 5.11 Å². The Morgan fingerprint density at radius 1 is 1.10 bits per heavy atom. The van der Waals surface area contributed by atoms with E-state index < -0.39 is 0 Å². The van der Waals surface area contributed by atoms with Gasteiger partial charge in [0.15, 0.2) is 0 Å². The first kappa shape index (κ1) is 13.7. The molecule has 0 aromatic heterocycles. The molecule has 0 bridgehead atoms. The topological polar surface area (TPSA) is 48.0 Å². The molecule has 3 rings (SSSR count). The summed E-state index contributed by atoms with van der Waals surface area (Å²) in [7, 11) is 1.69. The van der Waals surface area contributed by atoms with Crippen molar-refractivity contribution < 1.29 is 9.84 Å². The number of β-amino-alcohol motifs (C(OH)–C–C–N with tert-alkyl or cyclic N) is 1. The van der Waals surface area contributed by atoms with Crippen LogP contribution in [0, 0.1) is 0 Å². The van der Waals surface area contributed by atoms with Crippen molar-refractivity contribution in [2.45, 2.75) is 12.1 Å². The number of hydrogen-bond acceptors (Lipinski definition) is 5. The van der Waals surface area contributed by atoms with Crippen LogP contribution in [0.15, 0.2) is 24.3 Å². The summed E-state index contributed by atoms with van der Waals surface area (Å²) in [5.74, 6) is 0.896. The van der Waals surface area contributed by atoms with Crippen LogP contribution in [0.2, 0.25) is 0 Å². The van der Waals surface area contributed by atoms with Crippen molar-refractivity contribution in [1.29, 1.82) is 0 Å². The number of anilines is 1. The molecule has 2 heterocycles. The van der Waals surface area contributed by atoms with Crippen molar-refractivity contribution in [1.82, 2.24) is 10.2 Å². The number of aliphatic hydroxyl groups is 1. The molecule has 0 spiro atoms. The largest absolute Gasteiger partial charge is 0.497 e. The van der Waals surface area contributed by atoms with Crippen LogP contribution in [-0.2, 0) is 0 Å². The van der Waals surface area contributed by atoms with Gasteiger partial charge in [0.05, 0.1) is 13.2 Å². The number of methoxy groups -OCH3 is 1. The summed E-state index contributed by atoms with van der Waals surface area (Å²) in [6.07, 6.45) is -0.220. The van der Waals surface area contributed by atoms with E-state index in [1.807, 2.05) is 12.1 Å². The molecule has 2 atom stereocenters. The van der Waals surface area contributed by atoms with Gasteiger partial charge in [-0.1, -0.05) is 0 Å². The predicted octanol–water partition coefficient (Wildman–Crippen LogP) is 0.150. The number of rotatable bonds is 3. The zero-order valence-electron chi connectivity index (χ0n) is 12.0. The molecule has 0 radical (unpaired) electrons. The van der Waals surface area contributed by atoms with E-state index in [2.05, 4.69) is 27.2 Å². The molecule has 2 N–H and O–H groups in total. The summed E-state index contributed by atoms with van der Waals surface area (Å²) in [5.41, 5.74) is 1.25. The van der Waals surface area contributed by atoms with Crippen molar-refractivity contribution in [2.75, 3.05) is 51.3 Å². The summed E-state index contributed by atoms with van der Waals surface area (Å²) in [6.45, 7) is 5.67. The van der Waals surface area contributed by atoms with Gasteiger partial charge in [0.25, 0.3) is 0 Å². The molecular weight excluding hydrogens is 254 g/mol. The zero-order valence-corrected chi connectivity index (χ0v) is 12.0. The fourth-order valence-electron chi connectivity index (χ4n) is 3.13. The molecule has 1 aromatic carbocycles. The number of nitrogens with zero attached hydrogens (tertiary/aromatic N) is 2. The van der Waals surface area contributed by atoms with Gasteiger partial charge < -0.3 is 20.1 Å². The van der Waals surface area contributed by atoms with Gasteiger partial charge in [0.2, 0.25) is 0 Å². The molecule has 5 heteroatoms. The standard InChI is InChI=1S/C15H23N3O2/c1-20-13-4-2-12(3-5-13)17-6-8-18(9-7-17)14-10-16-11-15(14)19/h2-5,14-16,19H,6-11H2,1H3. The van der Waals surface area contributed by atoms with Crippen LogP contribution in [0.25, 0.3) is 0 Å². The first-order chi connectivity index (χ1) is 9.78. The van der Waals surface area contributed by atoms with E-state index in [0.29, 0.717) is 0 Å². The molecule has 1 aromatic rings. The second-order valence-corrected chi connectivity index (χ2v) is 5.51. The Balaban J connectivity index is 1.57. The molecule has 0 aliphatic carbocycles. The lowest BCUT2D eigenvalue weighted by Gasteiger charge is -2.39. The van der Waals surface area contributed by atoms with E-state index in [1.165, 1.54) is 5.69 Å². The van der Waals surface area contributed by atoms with Crippen molar-refractivity contribution >= 4 is 5.69 Å². The smallest absolute Gasteiger partial charge is 0.119 e. The number of benzene rings is 1. The van der Waals surface area contributed by atoms with Gasteiger partial charge in [-0.05, 0) is 24.3 Å². The Morgan fingerprint density at radius 3 is 2.35 bits per heavy atom. The molecule has 0 amide bonds. The van der Waals surface area contributed by atoms with Crippen molar-refractivity contribution in [3.63, 3.8) is 0 Å². The first-order valence-electron chi connectivity index (χ1n) is 7.30. The summed E-state index contributed by atoms with van der Waals surface area (Å²) < 4.78 is 5.19. The molecule has 2 unspecified atom stereocenters. The van der Waals surface area contributed by atoms with E-state index in [0.717, 1.165) is 45.0 Å². The fraction of sp³-hybridized carbons (Fsp3) is 0.600. The number of ether oxygens (including phenoxy) is 1. The molecule has 110 valence electrons. The minimum atomic E-state index is -0.220. The molecule has 0 saturated carbocycles. The highest BCUT2D eigenvalue weighted by molar-refractivity contribution is 5.49. The van der Waals surface area contributed by atoms with Crippen LogP contribution in [-0.4, -0.2) is 68.5 Å². The summed E-state index contributed by atoms with van der Waals surface area (Å²) in [6, 6.07) is 8.52. The SMILES string of the molecule is COc1ccc(N2CCN(C3CNCC3O)CC2)cc1. The minimum Gasteiger partial charge on any atom is -0.497 e. The van der Waals surface area contributed by atoms with Crippen LogP contribution in [0.3, 0.4) is 0 Å². The monoisotopic (exact) mass is 277 g/mol. The maximum absolute atomic E-state index is 9.95. The Morgan fingerprint density at radius 2 is 1.80 bits per heavy atom. The summed E-state index contributed by atoms with van der Waals surface area (Å²) in [5, 5.41) is 13.2. The summed E-state index contributed by atoms with van der Waals surface area (Å²) >= 11 is 0. The van der Waals surface area contributed by atoms with Crippen molar-refractivity contribution in [2.24, 2.45) is 0 Å². The maximum atomic E-state index is 9.95. The molecule has 2 saturated heterocycles. The van der Waals surface area contributed by atoms with E-state index in [-0.39, 0.29) is 12.1 Å². The van der Waals surface area contributed by atoms with Gasteiger partial charge in [-0.25, -0.2) is 0 Å². The van der Waals surface area contributed by atoms with E-state index in [1.54, 1.807) is 7.11 Å². The van der Waals surface area contributed by atoms with Crippen LogP contribution in [0.4, 0.5) is 5.69 Å². The highest BCUT2D eigenvalue weighted by atomic mass is 16.5. The molecular formula is C15H23N3O2. The molecule has 2 aliphatic heterocycles. The van der Waals surface area contributed by atoms with Crippen LogP contribution < -0.4 is 15.0 Å². The average Bonchev–Trinajstić information content (AvgIpc) is 2.94. The van der Waals surface area contributed by atoms with Crippen LogP contribution in [0.5, 0.6) is 5.75 Å². The van der Waals surface area contributed by atoms with Gasteiger partial charge >= 0.3 is 0 Å². The molecule has 2 fully saturated rings. The third-order valence-corrected chi connectivity index (χ3v) is 4.37. The Bertz CT molecular complexity index is 429. The van der Waals surface area contributed by atoms with Crippen LogP contribution >= 0.6 is 0 Å². The lowest BCUT2D eigenvalue weighted by Crippen LogP contribution is -2.53. The van der Waals surface area contributed by atoms with Crippen molar-refractivity contribution in [3.05, 3.63) is 24.3 Å². The zero-order chi connectivity index (χ0) is 13.9. The molecule has 5 nitrogen and oxygen atoms in total. The van der Waals surface area contributed by atoms with E-state index >= 15 is 0 Å². The lowest BCUT2D eigenvalue weighted by molar-refractivity contribution is 0.0792.